The first-order chi connectivity index (χ1) is 8.60. The van der Waals surface area contributed by atoms with E-state index in [1.165, 1.54) is 0 Å². The molecular formula is C11H15N5O2. The molecular weight excluding hydrogens is 234 g/mol. The highest BCUT2D eigenvalue weighted by Crippen LogP contribution is 2.03. The van der Waals surface area contributed by atoms with Crippen LogP contribution in [-0.4, -0.2) is 26.0 Å². The monoisotopic (exact) mass is 249 g/mol. The van der Waals surface area contributed by atoms with Gasteiger partial charge in [0.1, 0.15) is 5.82 Å². The van der Waals surface area contributed by atoms with Crippen molar-refractivity contribution in [3.8, 4) is 0 Å². The van der Waals surface area contributed by atoms with Crippen LogP contribution in [0.5, 0.6) is 0 Å². The molecule has 0 aromatic carbocycles. The molecule has 0 saturated heterocycles. The molecule has 0 saturated carbocycles. The summed E-state index contributed by atoms with van der Waals surface area (Å²) in [6, 6.07) is 0. The second-order valence-corrected chi connectivity index (χ2v) is 3.95. The van der Waals surface area contributed by atoms with Crippen molar-refractivity contribution in [3.05, 3.63) is 28.9 Å². The number of carbonyl (C=O) groups excluding carboxylic acids is 1. The van der Waals surface area contributed by atoms with E-state index in [-0.39, 0.29) is 5.89 Å². The minimum Gasteiger partial charge on any atom is -0.344 e. The molecule has 18 heavy (non-hydrogen) atoms. The molecule has 7 nitrogen and oxygen atoms in total. The number of nitrogens with zero attached hydrogens (tertiary/aromatic N) is 3. The van der Waals surface area contributed by atoms with Crippen molar-refractivity contribution in [1.82, 2.24) is 25.4 Å². The maximum atomic E-state index is 11.7. The molecule has 7 heteroatoms. The molecule has 96 valence electrons. The van der Waals surface area contributed by atoms with E-state index in [0.29, 0.717) is 24.6 Å². The first-order valence-electron chi connectivity index (χ1n) is 5.73. The molecule has 0 atom stereocenters. The molecule has 0 bridgehead atoms. The number of imidazole rings is 1. The Bertz CT molecular complexity index is 538. The Kier molecular flexibility index (Phi) is 3.40. The van der Waals surface area contributed by atoms with Crippen molar-refractivity contribution >= 4 is 5.91 Å². The van der Waals surface area contributed by atoms with E-state index in [0.717, 1.165) is 11.4 Å². The van der Waals surface area contributed by atoms with Crippen LogP contribution in [0, 0.1) is 13.8 Å². The molecule has 0 unspecified atom stereocenters. The smallest absolute Gasteiger partial charge is 0.315 e. The van der Waals surface area contributed by atoms with Crippen LogP contribution < -0.4 is 5.32 Å². The molecule has 0 fully saturated rings. The molecule has 0 radical (unpaired) electrons. The van der Waals surface area contributed by atoms with Gasteiger partial charge >= 0.3 is 11.8 Å². The Morgan fingerprint density at radius 1 is 1.39 bits per heavy atom. The van der Waals surface area contributed by atoms with Crippen molar-refractivity contribution < 1.29 is 9.32 Å². The highest BCUT2D eigenvalue weighted by Gasteiger charge is 2.14. The van der Waals surface area contributed by atoms with E-state index < -0.39 is 5.91 Å². The fourth-order valence-electron chi connectivity index (χ4n) is 1.43. The molecule has 2 aromatic heterocycles. The quantitative estimate of drug-likeness (QED) is 0.839. The molecule has 0 aliphatic carbocycles. The third kappa shape index (κ3) is 2.55. The third-order valence-electron chi connectivity index (χ3n) is 2.57. The van der Waals surface area contributed by atoms with Crippen molar-refractivity contribution in [1.29, 1.82) is 0 Å². The Morgan fingerprint density at radius 2 is 2.17 bits per heavy atom. The number of H-pyrrole nitrogens is 1. The first kappa shape index (κ1) is 12.3. The van der Waals surface area contributed by atoms with Crippen molar-refractivity contribution in [2.45, 2.75) is 33.7 Å². The van der Waals surface area contributed by atoms with Crippen LogP contribution in [0.4, 0.5) is 0 Å². The van der Waals surface area contributed by atoms with Crippen LogP contribution in [-0.2, 0) is 13.0 Å². The number of aromatic amines is 1. The number of carbonyl (C=O) groups is 1. The van der Waals surface area contributed by atoms with Gasteiger partial charge in [-0.1, -0.05) is 12.1 Å². The summed E-state index contributed by atoms with van der Waals surface area (Å²) in [5.74, 6) is 0.805. The van der Waals surface area contributed by atoms with Gasteiger partial charge < -0.3 is 14.8 Å². The lowest BCUT2D eigenvalue weighted by Gasteiger charge is -1.98. The average Bonchev–Trinajstić information content (AvgIpc) is 2.94. The fraction of sp³-hybridized carbons (Fsp3) is 0.455. The summed E-state index contributed by atoms with van der Waals surface area (Å²) in [7, 11) is 0. The number of amides is 1. The maximum absolute atomic E-state index is 11.7. The fourth-order valence-corrected chi connectivity index (χ4v) is 1.43. The molecule has 2 heterocycles. The van der Waals surface area contributed by atoms with E-state index in [9.17, 15) is 4.79 Å². The Labute approximate surface area is 104 Å². The van der Waals surface area contributed by atoms with Gasteiger partial charge in [-0.05, 0) is 13.8 Å². The average molecular weight is 249 g/mol. The Hall–Kier alpha value is -2.18. The zero-order valence-corrected chi connectivity index (χ0v) is 10.6. The maximum Gasteiger partial charge on any atom is 0.315 e. The van der Waals surface area contributed by atoms with Crippen LogP contribution in [0.3, 0.4) is 0 Å². The van der Waals surface area contributed by atoms with Crippen molar-refractivity contribution in [3.63, 3.8) is 0 Å². The molecule has 2 N–H and O–H groups in total. The minimum absolute atomic E-state index is 0.0214. The number of aryl methyl sites for hydroxylation is 3. The normalized spacial score (nSPS) is 10.6. The number of hydrogen-bond acceptors (Lipinski definition) is 5. The Balaban J connectivity index is 1.95. The standard InChI is InChI=1S/C11H15N5O2/c1-4-8-15-11(18-16-8)10(17)12-5-9-13-6(2)7(3)14-9/h4-5H2,1-3H3,(H,12,17)(H,13,14). The summed E-state index contributed by atoms with van der Waals surface area (Å²) in [4.78, 5) is 23.0. The van der Waals surface area contributed by atoms with Crippen LogP contribution in [0.2, 0.25) is 0 Å². The second kappa shape index (κ2) is 4.99. The summed E-state index contributed by atoms with van der Waals surface area (Å²) in [6.45, 7) is 6.03. The largest absolute Gasteiger partial charge is 0.344 e. The van der Waals surface area contributed by atoms with Gasteiger partial charge in [0, 0.05) is 12.1 Å². The zero-order chi connectivity index (χ0) is 13.1. The van der Waals surface area contributed by atoms with Gasteiger partial charge in [0.25, 0.3) is 0 Å². The van der Waals surface area contributed by atoms with Crippen molar-refractivity contribution in [2.75, 3.05) is 0 Å². The highest BCUT2D eigenvalue weighted by atomic mass is 16.5. The lowest BCUT2D eigenvalue weighted by molar-refractivity contribution is 0.0906. The van der Waals surface area contributed by atoms with E-state index in [4.69, 9.17) is 4.52 Å². The number of hydrogen-bond donors (Lipinski definition) is 2. The summed E-state index contributed by atoms with van der Waals surface area (Å²) in [5.41, 5.74) is 1.91. The molecule has 0 aliphatic rings. The van der Waals surface area contributed by atoms with E-state index >= 15 is 0 Å². The van der Waals surface area contributed by atoms with Crippen LogP contribution in [0.25, 0.3) is 0 Å². The predicted octanol–water partition coefficient (Wildman–Crippen LogP) is 0.902. The van der Waals surface area contributed by atoms with Gasteiger partial charge in [0.15, 0.2) is 5.82 Å². The molecule has 0 spiro atoms. The van der Waals surface area contributed by atoms with Gasteiger partial charge in [0.05, 0.1) is 12.2 Å². The van der Waals surface area contributed by atoms with Crippen molar-refractivity contribution in [2.24, 2.45) is 0 Å². The lowest BCUT2D eigenvalue weighted by atomic mass is 10.4. The number of rotatable bonds is 4. The van der Waals surface area contributed by atoms with Crippen LogP contribution in [0.15, 0.2) is 4.52 Å². The SMILES string of the molecule is CCc1noc(C(=O)NCc2nc(C)c(C)[nH]2)n1. The topological polar surface area (TPSA) is 96.7 Å². The summed E-state index contributed by atoms with van der Waals surface area (Å²) in [6.07, 6.45) is 0.632. The molecule has 0 aliphatic heterocycles. The second-order valence-electron chi connectivity index (χ2n) is 3.95. The Morgan fingerprint density at radius 3 is 2.72 bits per heavy atom. The summed E-state index contributed by atoms with van der Waals surface area (Å²) in [5, 5.41) is 6.32. The van der Waals surface area contributed by atoms with E-state index in [2.05, 4.69) is 25.4 Å². The van der Waals surface area contributed by atoms with Crippen LogP contribution >= 0.6 is 0 Å². The van der Waals surface area contributed by atoms with Gasteiger partial charge in [0.2, 0.25) is 0 Å². The number of nitrogens with one attached hydrogen (secondary N) is 2. The van der Waals surface area contributed by atoms with Gasteiger partial charge in [-0.25, -0.2) is 4.98 Å². The van der Waals surface area contributed by atoms with Gasteiger partial charge in [-0.2, -0.15) is 4.98 Å². The lowest BCUT2D eigenvalue weighted by Crippen LogP contribution is -2.23. The molecule has 1 amide bonds. The van der Waals surface area contributed by atoms with E-state index in [1.807, 2.05) is 20.8 Å². The van der Waals surface area contributed by atoms with Crippen LogP contribution in [0.1, 0.15) is 40.6 Å². The first-order valence-corrected chi connectivity index (χ1v) is 5.73. The molecule has 2 aromatic rings. The summed E-state index contributed by atoms with van der Waals surface area (Å²) >= 11 is 0. The minimum atomic E-state index is -0.395. The van der Waals surface area contributed by atoms with Gasteiger partial charge in [-0.15, -0.1) is 0 Å². The summed E-state index contributed by atoms with van der Waals surface area (Å²) < 4.78 is 4.83. The number of aromatic nitrogens is 4. The third-order valence-corrected chi connectivity index (χ3v) is 2.57. The highest BCUT2D eigenvalue weighted by molar-refractivity contribution is 5.89. The predicted molar refractivity (Wildman–Crippen MR) is 62.9 cm³/mol. The van der Waals surface area contributed by atoms with E-state index in [1.54, 1.807) is 0 Å². The van der Waals surface area contributed by atoms with Gasteiger partial charge in [-0.3, -0.25) is 4.79 Å². The zero-order valence-electron chi connectivity index (χ0n) is 10.6. The molecule has 2 rings (SSSR count).